The molecule has 1 aliphatic heterocycles. The van der Waals surface area contributed by atoms with Crippen molar-refractivity contribution in [1.29, 1.82) is 0 Å². The van der Waals surface area contributed by atoms with Crippen LogP contribution in [0.3, 0.4) is 0 Å². The maximum atomic E-state index is 11.6. The highest BCUT2D eigenvalue weighted by Gasteiger charge is 2.15. The molecule has 0 saturated heterocycles. The Hall–Kier alpha value is -2.47. The number of benzene rings is 1. The number of fused-ring (bicyclic) bond motifs is 1. The summed E-state index contributed by atoms with van der Waals surface area (Å²) in [4.78, 5) is 20.5. The lowest BCUT2D eigenvalue weighted by molar-refractivity contribution is -0.141. The van der Waals surface area contributed by atoms with Crippen LogP contribution in [0, 0.1) is 0 Å². The van der Waals surface area contributed by atoms with Crippen molar-refractivity contribution >= 4 is 17.6 Å². The molecular formula is C17H20N4O2. The summed E-state index contributed by atoms with van der Waals surface area (Å²) in [6.07, 6.45) is 2.86. The Labute approximate surface area is 135 Å². The van der Waals surface area contributed by atoms with Crippen molar-refractivity contribution in [2.75, 3.05) is 19.0 Å². The Bertz CT molecular complexity index is 700. The number of anilines is 2. The fraction of sp³-hybridized carbons (Fsp3) is 0.353. The van der Waals surface area contributed by atoms with Crippen molar-refractivity contribution in [3.05, 3.63) is 47.3 Å². The highest BCUT2D eigenvalue weighted by molar-refractivity contribution is 5.77. The predicted octanol–water partition coefficient (Wildman–Crippen LogP) is 2.14. The molecule has 1 atom stereocenters. The Morgan fingerprint density at radius 1 is 1.35 bits per heavy atom. The van der Waals surface area contributed by atoms with Gasteiger partial charge in [0.1, 0.15) is 0 Å². The van der Waals surface area contributed by atoms with E-state index in [0.29, 0.717) is 5.95 Å². The Morgan fingerprint density at radius 2 is 2.13 bits per heavy atom. The lowest BCUT2D eigenvalue weighted by Gasteiger charge is -2.16. The molecule has 3 rings (SSSR count). The molecule has 2 aromatic rings. The Morgan fingerprint density at radius 3 is 2.87 bits per heavy atom. The topological polar surface area (TPSA) is 76.1 Å². The first-order valence-electron chi connectivity index (χ1n) is 7.67. The molecule has 1 aromatic heterocycles. The molecule has 0 saturated carbocycles. The number of nitrogens with zero attached hydrogens (tertiary/aromatic N) is 2. The van der Waals surface area contributed by atoms with Crippen LogP contribution in [0.4, 0.5) is 11.6 Å². The number of esters is 1. The number of nitrogens with one attached hydrogen (secondary N) is 2. The van der Waals surface area contributed by atoms with Crippen molar-refractivity contribution in [3.8, 4) is 0 Å². The fourth-order valence-corrected chi connectivity index (χ4v) is 2.59. The third kappa shape index (κ3) is 3.48. The third-order valence-corrected chi connectivity index (χ3v) is 4.04. The standard InChI is InChI=1S/C17H20N4O2/c1-11(16(22)23-2)12-3-5-14(6-4-12)20-17-19-9-13-7-8-18-10-15(13)21-17/h3-6,9,11,18H,7-8,10H2,1-2H3,(H,19,20,21). The zero-order chi connectivity index (χ0) is 16.2. The van der Waals surface area contributed by atoms with Gasteiger partial charge in [-0.15, -0.1) is 0 Å². The van der Waals surface area contributed by atoms with E-state index in [2.05, 4.69) is 20.6 Å². The van der Waals surface area contributed by atoms with E-state index in [0.717, 1.165) is 36.5 Å². The number of rotatable bonds is 4. The molecule has 0 aliphatic carbocycles. The molecule has 0 radical (unpaired) electrons. The molecule has 120 valence electrons. The predicted molar refractivity (Wildman–Crippen MR) is 87.6 cm³/mol. The van der Waals surface area contributed by atoms with Gasteiger partial charge in [0.15, 0.2) is 0 Å². The summed E-state index contributed by atoms with van der Waals surface area (Å²) >= 11 is 0. The third-order valence-electron chi connectivity index (χ3n) is 4.04. The lowest BCUT2D eigenvalue weighted by Crippen LogP contribution is -2.25. The van der Waals surface area contributed by atoms with Gasteiger partial charge in [0.2, 0.25) is 5.95 Å². The van der Waals surface area contributed by atoms with Gasteiger partial charge in [-0.3, -0.25) is 4.79 Å². The summed E-state index contributed by atoms with van der Waals surface area (Å²) in [6.45, 7) is 3.58. The smallest absolute Gasteiger partial charge is 0.312 e. The van der Waals surface area contributed by atoms with Crippen molar-refractivity contribution in [3.63, 3.8) is 0 Å². The zero-order valence-corrected chi connectivity index (χ0v) is 13.3. The van der Waals surface area contributed by atoms with Crippen LogP contribution in [0.25, 0.3) is 0 Å². The fourth-order valence-electron chi connectivity index (χ4n) is 2.59. The molecule has 1 unspecified atom stereocenters. The van der Waals surface area contributed by atoms with Crippen LogP contribution in [0.15, 0.2) is 30.5 Å². The second kappa shape index (κ2) is 6.75. The Kier molecular flexibility index (Phi) is 4.52. The molecule has 2 heterocycles. The van der Waals surface area contributed by atoms with Crippen molar-refractivity contribution in [2.24, 2.45) is 0 Å². The minimum absolute atomic E-state index is 0.240. The van der Waals surface area contributed by atoms with Crippen molar-refractivity contribution in [2.45, 2.75) is 25.8 Å². The van der Waals surface area contributed by atoms with Gasteiger partial charge in [0.05, 0.1) is 18.7 Å². The summed E-state index contributed by atoms with van der Waals surface area (Å²) in [5.74, 6) is 0.0672. The molecule has 6 heteroatoms. The van der Waals surface area contributed by atoms with E-state index in [-0.39, 0.29) is 11.9 Å². The van der Waals surface area contributed by atoms with Gasteiger partial charge in [-0.05, 0) is 43.1 Å². The molecule has 0 spiro atoms. The molecule has 1 aromatic carbocycles. The van der Waals surface area contributed by atoms with Gasteiger partial charge in [-0.1, -0.05) is 12.1 Å². The van der Waals surface area contributed by atoms with E-state index in [9.17, 15) is 4.79 Å². The largest absolute Gasteiger partial charge is 0.469 e. The monoisotopic (exact) mass is 312 g/mol. The van der Waals surface area contributed by atoms with Crippen LogP contribution in [0.1, 0.15) is 29.7 Å². The van der Waals surface area contributed by atoms with E-state index >= 15 is 0 Å². The number of carbonyl (C=O) groups is 1. The van der Waals surface area contributed by atoms with E-state index in [4.69, 9.17) is 4.74 Å². The Balaban J connectivity index is 1.72. The first-order valence-corrected chi connectivity index (χ1v) is 7.67. The molecule has 1 aliphatic rings. The highest BCUT2D eigenvalue weighted by atomic mass is 16.5. The zero-order valence-electron chi connectivity index (χ0n) is 13.3. The van der Waals surface area contributed by atoms with Crippen molar-refractivity contribution < 1.29 is 9.53 Å². The quantitative estimate of drug-likeness (QED) is 0.843. The molecule has 0 bridgehead atoms. The summed E-state index contributed by atoms with van der Waals surface area (Å²) in [6, 6.07) is 7.64. The number of aromatic nitrogens is 2. The van der Waals surface area contributed by atoms with E-state index in [1.54, 1.807) is 0 Å². The van der Waals surface area contributed by atoms with Gasteiger partial charge in [-0.25, -0.2) is 9.97 Å². The first kappa shape index (κ1) is 15.4. The lowest BCUT2D eigenvalue weighted by atomic mass is 10.0. The van der Waals surface area contributed by atoms with Gasteiger partial charge >= 0.3 is 5.97 Å². The van der Waals surface area contributed by atoms with Gasteiger partial charge < -0.3 is 15.4 Å². The van der Waals surface area contributed by atoms with E-state index in [1.807, 2.05) is 37.4 Å². The molecule has 0 amide bonds. The number of ether oxygens (including phenoxy) is 1. The van der Waals surface area contributed by atoms with Crippen LogP contribution >= 0.6 is 0 Å². The van der Waals surface area contributed by atoms with Gasteiger partial charge in [-0.2, -0.15) is 0 Å². The molecular weight excluding hydrogens is 292 g/mol. The highest BCUT2D eigenvalue weighted by Crippen LogP contribution is 2.21. The average molecular weight is 312 g/mol. The van der Waals surface area contributed by atoms with Crippen LogP contribution < -0.4 is 10.6 Å². The van der Waals surface area contributed by atoms with Gasteiger partial charge in [0.25, 0.3) is 0 Å². The summed E-state index contributed by atoms with van der Waals surface area (Å²) in [5, 5.41) is 6.50. The van der Waals surface area contributed by atoms with Crippen molar-refractivity contribution in [1.82, 2.24) is 15.3 Å². The van der Waals surface area contributed by atoms with E-state index in [1.165, 1.54) is 12.7 Å². The SMILES string of the molecule is COC(=O)C(C)c1ccc(Nc2ncc3c(n2)CNCC3)cc1. The minimum atomic E-state index is -0.278. The van der Waals surface area contributed by atoms with Gasteiger partial charge in [0, 0.05) is 18.4 Å². The molecule has 23 heavy (non-hydrogen) atoms. The van der Waals surface area contributed by atoms with Crippen LogP contribution in [0.2, 0.25) is 0 Å². The number of hydrogen-bond acceptors (Lipinski definition) is 6. The second-order valence-corrected chi connectivity index (χ2v) is 5.58. The maximum Gasteiger partial charge on any atom is 0.312 e. The summed E-state index contributed by atoms with van der Waals surface area (Å²) < 4.78 is 4.76. The number of hydrogen-bond donors (Lipinski definition) is 2. The number of methoxy groups -OCH3 is 1. The normalized spacial score (nSPS) is 14.7. The average Bonchev–Trinajstić information content (AvgIpc) is 2.61. The second-order valence-electron chi connectivity index (χ2n) is 5.58. The van der Waals surface area contributed by atoms with E-state index < -0.39 is 0 Å². The van der Waals surface area contributed by atoms with Crippen LogP contribution in [-0.4, -0.2) is 29.6 Å². The van der Waals surface area contributed by atoms with Crippen LogP contribution in [0.5, 0.6) is 0 Å². The maximum absolute atomic E-state index is 11.6. The first-order chi connectivity index (χ1) is 11.2. The molecule has 2 N–H and O–H groups in total. The van der Waals surface area contributed by atoms with Crippen LogP contribution in [-0.2, 0) is 22.5 Å². The molecule has 0 fully saturated rings. The summed E-state index contributed by atoms with van der Waals surface area (Å²) in [7, 11) is 1.40. The number of carbonyl (C=O) groups excluding carboxylic acids is 1. The molecule has 6 nitrogen and oxygen atoms in total. The summed E-state index contributed by atoms with van der Waals surface area (Å²) in [5.41, 5.74) is 4.05. The minimum Gasteiger partial charge on any atom is -0.469 e.